The molecule has 1 heterocycles. The van der Waals surface area contributed by atoms with Gasteiger partial charge >= 0.3 is 0 Å². The first kappa shape index (κ1) is 12.2. The highest BCUT2D eigenvalue weighted by Crippen LogP contribution is 2.20. The van der Waals surface area contributed by atoms with E-state index in [1.54, 1.807) is 11.0 Å². The molecule has 0 unspecified atom stereocenters. The lowest BCUT2D eigenvalue weighted by atomic mass is 10.3. The molecule has 0 spiro atoms. The molecule has 1 aliphatic rings. The van der Waals surface area contributed by atoms with Crippen molar-refractivity contribution in [3.63, 3.8) is 0 Å². The van der Waals surface area contributed by atoms with Gasteiger partial charge in [0.1, 0.15) is 0 Å². The summed E-state index contributed by atoms with van der Waals surface area (Å²) in [6, 6.07) is 7.39. The number of para-hydroxylation sites is 1. The van der Waals surface area contributed by atoms with Crippen LogP contribution < -0.4 is 5.32 Å². The maximum atomic E-state index is 11.8. The molecule has 0 atom stereocenters. The monoisotopic (exact) mass is 254 g/mol. The van der Waals surface area contributed by atoms with Crippen LogP contribution in [0, 0.1) is 0 Å². The standard InChI is InChI=1S/C12H15ClN2O2/c13-10-3-1-2-4-11(10)14-9-12(16)15-5-7-17-8-6-15/h1-4,14H,5-9H2. The van der Waals surface area contributed by atoms with Crippen molar-refractivity contribution in [1.29, 1.82) is 0 Å². The van der Waals surface area contributed by atoms with Crippen molar-refractivity contribution in [3.8, 4) is 0 Å². The Bertz CT molecular complexity index is 392. The number of anilines is 1. The van der Waals surface area contributed by atoms with Gasteiger partial charge < -0.3 is 15.0 Å². The Morgan fingerprint density at radius 1 is 1.35 bits per heavy atom. The van der Waals surface area contributed by atoms with E-state index in [1.807, 2.05) is 18.2 Å². The quantitative estimate of drug-likeness (QED) is 0.891. The molecule has 1 aromatic carbocycles. The molecule has 1 N–H and O–H groups in total. The Balaban J connectivity index is 1.85. The zero-order valence-electron chi connectivity index (χ0n) is 9.49. The zero-order chi connectivity index (χ0) is 12.1. The van der Waals surface area contributed by atoms with Crippen molar-refractivity contribution in [3.05, 3.63) is 29.3 Å². The van der Waals surface area contributed by atoms with Gasteiger partial charge in [-0.2, -0.15) is 0 Å². The molecule has 1 aromatic rings. The molecular formula is C12H15ClN2O2. The Labute approximate surface area is 106 Å². The highest BCUT2D eigenvalue weighted by Gasteiger charge is 2.16. The predicted molar refractivity (Wildman–Crippen MR) is 67.3 cm³/mol. The summed E-state index contributed by atoms with van der Waals surface area (Å²) in [6.45, 7) is 2.85. The molecule has 0 saturated carbocycles. The van der Waals surface area contributed by atoms with E-state index in [4.69, 9.17) is 16.3 Å². The molecule has 17 heavy (non-hydrogen) atoms. The molecular weight excluding hydrogens is 240 g/mol. The minimum Gasteiger partial charge on any atom is -0.378 e. The summed E-state index contributed by atoms with van der Waals surface area (Å²) in [6.07, 6.45) is 0. The fraction of sp³-hybridized carbons (Fsp3) is 0.417. The van der Waals surface area contributed by atoms with Gasteiger partial charge in [-0.05, 0) is 12.1 Å². The molecule has 0 radical (unpaired) electrons. The van der Waals surface area contributed by atoms with E-state index in [2.05, 4.69) is 5.32 Å². The van der Waals surface area contributed by atoms with Crippen LogP contribution in [0.1, 0.15) is 0 Å². The van der Waals surface area contributed by atoms with Crippen molar-refractivity contribution >= 4 is 23.2 Å². The third kappa shape index (κ3) is 3.35. The highest BCUT2D eigenvalue weighted by molar-refractivity contribution is 6.33. The summed E-state index contributed by atoms with van der Waals surface area (Å²) in [7, 11) is 0. The number of benzene rings is 1. The van der Waals surface area contributed by atoms with Gasteiger partial charge in [-0.1, -0.05) is 23.7 Å². The third-order valence-corrected chi connectivity index (χ3v) is 3.00. The largest absolute Gasteiger partial charge is 0.378 e. The van der Waals surface area contributed by atoms with Crippen LogP contribution in [0.4, 0.5) is 5.69 Å². The summed E-state index contributed by atoms with van der Waals surface area (Å²) in [4.78, 5) is 13.6. The number of carbonyl (C=O) groups is 1. The first-order chi connectivity index (χ1) is 8.27. The fourth-order valence-corrected chi connectivity index (χ4v) is 1.90. The van der Waals surface area contributed by atoms with Gasteiger partial charge in [-0.25, -0.2) is 0 Å². The SMILES string of the molecule is O=C(CNc1ccccc1Cl)N1CCOCC1. The number of hydrogen-bond acceptors (Lipinski definition) is 3. The highest BCUT2D eigenvalue weighted by atomic mass is 35.5. The van der Waals surface area contributed by atoms with Crippen LogP contribution in [0.15, 0.2) is 24.3 Å². The van der Waals surface area contributed by atoms with Crippen molar-refractivity contribution in [1.82, 2.24) is 4.90 Å². The van der Waals surface area contributed by atoms with Gasteiger partial charge in [0.15, 0.2) is 0 Å². The van der Waals surface area contributed by atoms with Crippen LogP contribution in [0.2, 0.25) is 5.02 Å². The maximum Gasteiger partial charge on any atom is 0.242 e. The fourth-order valence-electron chi connectivity index (χ4n) is 1.70. The average Bonchev–Trinajstić information content (AvgIpc) is 2.38. The zero-order valence-corrected chi connectivity index (χ0v) is 10.2. The second-order valence-electron chi connectivity index (χ2n) is 3.83. The van der Waals surface area contributed by atoms with Crippen LogP contribution in [0.25, 0.3) is 0 Å². The maximum absolute atomic E-state index is 11.8. The summed E-state index contributed by atoms with van der Waals surface area (Å²) >= 11 is 5.99. The van der Waals surface area contributed by atoms with Gasteiger partial charge in [0, 0.05) is 13.1 Å². The van der Waals surface area contributed by atoms with Gasteiger partial charge in [-0.15, -0.1) is 0 Å². The Morgan fingerprint density at radius 2 is 2.06 bits per heavy atom. The predicted octanol–water partition coefficient (Wildman–Crippen LogP) is 1.61. The second-order valence-corrected chi connectivity index (χ2v) is 4.23. The van der Waals surface area contributed by atoms with E-state index >= 15 is 0 Å². The van der Waals surface area contributed by atoms with Crippen molar-refractivity contribution in [2.24, 2.45) is 0 Å². The van der Waals surface area contributed by atoms with Crippen LogP contribution in [0.5, 0.6) is 0 Å². The molecule has 1 aliphatic heterocycles. The number of hydrogen-bond donors (Lipinski definition) is 1. The summed E-state index contributed by atoms with van der Waals surface area (Å²) < 4.78 is 5.20. The van der Waals surface area contributed by atoms with Crippen molar-refractivity contribution < 1.29 is 9.53 Å². The number of halogens is 1. The number of rotatable bonds is 3. The Hall–Kier alpha value is -1.26. The topological polar surface area (TPSA) is 41.6 Å². The number of amides is 1. The molecule has 0 aliphatic carbocycles. The van der Waals surface area contributed by atoms with Crippen LogP contribution in [-0.2, 0) is 9.53 Å². The third-order valence-electron chi connectivity index (χ3n) is 2.67. The van der Waals surface area contributed by atoms with E-state index in [0.29, 0.717) is 31.3 Å². The number of carbonyl (C=O) groups excluding carboxylic acids is 1. The Kier molecular flexibility index (Phi) is 4.23. The smallest absolute Gasteiger partial charge is 0.242 e. The lowest BCUT2D eigenvalue weighted by molar-refractivity contribution is -0.133. The normalized spacial score (nSPS) is 15.7. The second kappa shape index (κ2) is 5.89. The van der Waals surface area contributed by atoms with Gasteiger partial charge in [0.2, 0.25) is 5.91 Å². The van der Waals surface area contributed by atoms with E-state index in [0.717, 1.165) is 5.69 Å². The number of morpholine rings is 1. The van der Waals surface area contributed by atoms with Gasteiger partial charge in [0.25, 0.3) is 0 Å². The summed E-state index contributed by atoms with van der Waals surface area (Å²) in [5.41, 5.74) is 0.788. The number of ether oxygens (including phenoxy) is 1. The minimum absolute atomic E-state index is 0.0771. The molecule has 1 saturated heterocycles. The van der Waals surface area contributed by atoms with E-state index < -0.39 is 0 Å². The number of nitrogens with one attached hydrogen (secondary N) is 1. The first-order valence-electron chi connectivity index (χ1n) is 5.61. The number of nitrogens with zero attached hydrogens (tertiary/aromatic N) is 1. The van der Waals surface area contributed by atoms with E-state index in [9.17, 15) is 4.79 Å². The minimum atomic E-state index is 0.0771. The van der Waals surface area contributed by atoms with Crippen molar-refractivity contribution in [2.75, 3.05) is 38.2 Å². The summed E-state index contributed by atoms with van der Waals surface area (Å²) in [5.74, 6) is 0.0771. The first-order valence-corrected chi connectivity index (χ1v) is 5.99. The summed E-state index contributed by atoms with van der Waals surface area (Å²) in [5, 5.41) is 3.67. The van der Waals surface area contributed by atoms with E-state index in [-0.39, 0.29) is 12.5 Å². The average molecular weight is 255 g/mol. The molecule has 4 nitrogen and oxygen atoms in total. The molecule has 0 aromatic heterocycles. The van der Waals surface area contributed by atoms with Crippen LogP contribution in [0.3, 0.4) is 0 Å². The van der Waals surface area contributed by atoms with E-state index in [1.165, 1.54) is 0 Å². The molecule has 0 bridgehead atoms. The molecule has 1 amide bonds. The Morgan fingerprint density at radius 3 is 2.76 bits per heavy atom. The molecule has 5 heteroatoms. The lowest BCUT2D eigenvalue weighted by Gasteiger charge is -2.27. The molecule has 2 rings (SSSR count). The van der Waals surface area contributed by atoms with Crippen LogP contribution >= 0.6 is 11.6 Å². The van der Waals surface area contributed by atoms with Gasteiger partial charge in [0.05, 0.1) is 30.5 Å². The molecule has 1 fully saturated rings. The molecule has 92 valence electrons. The van der Waals surface area contributed by atoms with Crippen LogP contribution in [-0.4, -0.2) is 43.7 Å². The van der Waals surface area contributed by atoms with Crippen molar-refractivity contribution in [2.45, 2.75) is 0 Å². The van der Waals surface area contributed by atoms with Gasteiger partial charge in [-0.3, -0.25) is 4.79 Å². The lowest BCUT2D eigenvalue weighted by Crippen LogP contribution is -2.43.